The molecule has 1 aromatic carbocycles. The molecular weight excluding hydrogens is 288 g/mol. The van der Waals surface area contributed by atoms with Crippen molar-refractivity contribution in [1.29, 1.82) is 0 Å². The maximum absolute atomic E-state index is 12.5. The summed E-state index contributed by atoms with van der Waals surface area (Å²) in [5.41, 5.74) is 1.70. The molecule has 0 radical (unpaired) electrons. The first-order valence-electron chi connectivity index (χ1n) is 8.03. The van der Waals surface area contributed by atoms with Gasteiger partial charge in [0.2, 0.25) is 0 Å². The average Bonchev–Trinajstić information content (AvgIpc) is 3.09. The van der Waals surface area contributed by atoms with Crippen LogP contribution in [0.2, 0.25) is 0 Å². The van der Waals surface area contributed by atoms with Gasteiger partial charge in [-0.15, -0.1) is 0 Å². The minimum atomic E-state index is 0.0161. The van der Waals surface area contributed by atoms with Crippen molar-refractivity contribution < 1.29 is 4.79 Å². The van der Waals surface area contributed by atoms with E-state index in [9.17, 15) is 4.79 Å². The summed E-state index contributed by atoms with van der Waals surface area (Å²) in [6, 6.07) is 12.0. The zero-order valence-electron chi connectivity index (χ0n) is 13.7. The number of rotatable bonds is 4. The largest absolute Gasteiger partial charge is 0.355 e. The molecule has 0 bridgehead atoms. The quantitative estimate of drug-likeness (QED) is 0.871. The van der Waals surface area contributed by atoms with E-state index in [1.54, 1.807) is 6.07 Å². The van der Waals surface area contributed by atoms with Gasteiger partial charge in [-0.3, -0.25) is 4.79 Å². The summed E-state index contributed by atoms with van der Waals surface area (Å²) in [5, 5.41) is 0. The van der Waals surface area contributed by atoms with Crippen molar-refractivity contribution in [3.8, 4) is 0 Å². The summed E-state index contributed by atoms with van der Waals surface area (Å²) in [7, 11) is 1.99. The van der Waals surface area contributed by atoms with Crippen LogP contribution in [-0.2, 0) is 6.54 Å². The number of carbonyl (C=O) groups is 1. The summed E-state index contributed by atoms with van der Waals surface area (Å²) < 4.78 is 0. The lowest BCUT2D eigenvalue weighted by Crippen LogP contribution is -2.29. The van der Waals surface area contributed by atoms with Gasteiger partial charge in [0.15, 0.2) is 0 Å². The van der Waals surface area contributed by atoms with Crippen molar-refractivity contribution in [3.63, 3.8) is 0 Å². The molecule has 3 rings (SSSR count). The summed E-state index contributed by atoms with van der Waals surface area (Å²) in [4.78, 5) is 25.3. The Morgan fingerprint density at radius 1 is 1.17 bits per heavy atom. The molecule has 1 amide bonds. The third kappa shape index (κ3) is 3.67. The molecule has 0 saturated carbocycles. The molecule has 5 nitrogen and oxygen atoms in total. The third-order valence-corrected chi connectivity index (χ3v) is 4.09. The van der Waals surface area contributed by atoms with Crippen molar-refractivity contribution in [2.24, 2.45) is 0 Å². The van der Waals surface area contributed by atoms with E-state index >= 15 is 0 Å². The summed E-state index contributed by atoms with van der Waals surface area (Å²) in [5.74, 6) is 1.43. The molecule has 1 fully saturated rings. The van der Waals surface area contributed by atoms with Gasteiger partial charge in [0.05, 0.1) is 0 Å². The van der Waals surface area contributed by atoms with Gasteiger partial charge in [-0.25, -0.2) is 9.97 Å². The maximum atomic E-state index is 12.5. The van der Waals surface area contributed by atoms with Crippen LogP contribution in [-0.4, -0.2) is 40.9 Å². The Hall–Kier alpha value is -2.43. The molecular formula is C18H22N4O. The fourth-order valence-electron chi connectivity index (χ4n) is 2.88. The van der Waals surface area contributed by atoms with E-state index in [2.05, 4.69) is 22.1 Å². The first-order chi connectivity index (χ1) is 11.1. The van der Waals surface area contributed by atoms with Gasteiger partial charge in [-0.1, -0.05) is 30.3 Å². The maximum Gasteiger partial charge on any atom is 0.272 e. The third-order valence-electron chi connectivity index (χ3n) is 4.09. The Morgan fingerprint density at radius 2 is 1.87 bits per heavy atom. The molecule has 1 saturated heterocycles. The first-order valence-corrected chi connectivity index (χ1v) is 8.03. The number of likely N-dealkylation sites (tertiary alicyclic amines) is 1. The van der Waals surface area contributed by atoms with E-state index in [4.69, 9.17) is 0 Å². The number of anilines is 1. The Bertz CT molecular complexity index is 681. The Kier molecular flexibility index (Phi) is 4.55. The lowest BCUT2D eigenvalue weighted by atomic mass is 10.2. The van der Waals surface area contributed by atoms with Crippen molar-refractivity contribution in [2.75, 3.05) is 25.0 Å². The van der Waals surface area contributed by atoms with Crippen LogP contribution in [0.15, 0.2) is 36.4 Å². The molecule has 0 aliphatic carbocycles. The Balaban J connectivity index is 1.80. The fourth-order valence-corrected chi connectivity index (χ4v) is 2.88. The minimum Gasteiger partial charge on any atom is -0.355 e. The van der Waals surface area contributed by atoms with Gasteiger partial charge in [-0.05, 0) is 25.3 Å². The van der Waals surface area contributed by atoms with Crippen LogP contribution < -0.4 is 4.90 Å². The molecule has 2 heterocycles. The highest BCUT2D eigenvalue weighted by Crippen LogP contribution is 2.17. The molecule has 1 aromatic heterocycles. The molecule has 0 atom stereocenters. The van der Waals surface area contributed by atoms with E-state index in [-0.39, 0.29) is 5.91 Å². The Morgan fingerprint density at radius 3 is 2.57 bits per heavy atom. The van der Waals surface area contributed by atoms with Gasteiger partial charge in [-0.2, -0.15) is 0 Å². The second-order valence-electron chi connectivity index (χ2n) is 6.00. The molecule has 1 aliphatic rings. The predicted molar refractivity (Wildman–Crippen MR) is 90.5 cm³/mol. The fraction of sp³-hybridized carbons (Fsp3) is 0.389. The number of hydrogen-bond acceptors (Lipinski definition) is 4. The van der Waals surface area contributed by atoms with Crippen molar-refractivity contribution in [2.45, 2.75) is 26.3 Å². The topological polar surface area (TPSA) is 49.3 Å². The van der Waals surface area contributed by atoms with Gasteiger partial charge >= 0.3 is 0 Å². The van der Waals surface area contributed by atoms with Gasteiger partial charge in [0.25, 0.3) is 5.91 Å². The molecule has 0 spiro atoms. The van der Waals surface area contributed by atoms with E-state index in [0.717, 1.165) is 38.3 Å². The van der Waals surface area contributed by atoms with Gasteiger partial charge < -0.3 is 9.80 Å². The Labute approximate surface area is 137 Å². The highest BCUT2D eigenvalue weighted by molar-refractivity contribution is 5.93. The molecule has 2 aromatic rings. The second kappa shape index (κ2) is 6.77. The van der Waals surface area contributed by atoms with Crippen LogP contribution >= 0.6 is 0 Å². The molecule has 5 heteroatoms. The van der Waals surface area contributed by atoms with Gasteiger partial charge in [0, 0.05) is 32.7 Å². The predicted octanol–water partition coefficient (Wildman–Crippen LogP) is 2.66. The van der Waals surface area contributed by atoms with E-state index in [0.29, 0.717) is 11.5 Å². The molecule has 0 N–H and O–H groups in total. The highest BCUT2D eigenvalue weighted by Gasteiger charge is 2.22. The van der Waals surface area contributed by atoms with Crippen LogP contribution in [0.25, 0.3) is 0 Å². The van der Waals surface area contributed by atoms with Crippen LogP contribution in [0.5, 0.6) is 0 Å². The lowest BCUT2D eigenvalue weighted by molar-refractivity contribution is 0.0786. The molecule has 120 valence electrons. The smallest absolute Gasteiger partial charge is 0.272 e. The average molecular weight is 310 g/mol. The number of amides is 1. The summed E-state index contributed by atoms with van der Waals surface area (Å²) >= 11 is 0. The monoisotopic (exact) mass is 310 g/mol. The summed E-state index contributed by atoms with van der Waals surface area (Å²) in [6.45, 7) is 4.24. The minimum absolute atomic E-state index is 0.0161. The molecule has 1 aliphatic heterocycles. The number of carbonyl (C=O) groups excluding carboxylic acids is 1. The van der Waals surface area contributed by atoms with Crippen molar-refractivity contribution in [3.05, 3.63) is 53.5 Å². The van der Waals surface area contributed by atoms with E-state index in [1.165, 1.54) is 5.56 Å². The highest BCUT2D eigenvalue weighted by atomic mass is 16.2. The van der Waals surface area contributed by atoms with Crippen molar-refractivity contribution in [1.82, 2.24) is 14.9 Å². The zero-order valence-corrected chi connectivity index (χ0v) is 13.7. The number of benzene rings is 1. The van der Waals surface area contributed by atoms with Crippen LogP contribution in [0.1, 0.15) is 34.7 Å². The SMILES string of the molecule is Cc1nc(C(=O)N2CCCC2)cc(N(C)Cc2ccccc2)n1. The lowest BCUT2D eigenvalue weighted by Gasteiger charge is -2.20. The number of aryl methyl sites for hydroxylation is 1. The second-order valence-corrected chi connectivity index (χ2v) is 6.00. The van der Waals surface area contributed by atoms with Crippen molar-refractivity contribution >= 4 is 11.7 Å². The molecule has 23 heavy (non-hydrogen) atoms. The van der Waals surface area contributed by atoms with Gasteiger partial charge in [0.1, 0.15) is 17.3 Å². The molecule has 0 unspecified atom stereocenters. The van der Waals surface area contributed by atoms with E-state index < -0.39 is 0 Å². The number of hydrogen-bond donors (Lipinski definition) is 0. The van der Waals surface area contributed by atoms with Crippen LogP contribution in [0.3, 0.4) is 0 Å². The number of nitrogens with zero attached hydrogens (tertiary/aromatic N) is 4. The summed E-state index contributed by atoms with van der Waals surface area (Å²) in [6.07, 6.45) is 2.16. The number of aromatic nitrogens is 2. The van der Waals surface area contributed by atoms with Crippen LogP contribution in [0, 0.1) is 6.92 Å². The van der Waals surface area contributed by atoms with Crippen LogP contribution in [0.4, 0.5) is 5.82 Å². The standard InChI is InChI=1S/C18H22N4O/c1-14-19-16(18(23)22-10-6-7-11-22)12-17(20-14)21(2)13-15-8-4-3-5-9-15/h3-5,8-9,12H,6-7,10-11,13H2,1-2H3. The normalized spacial score (nSPS) is 14.1. The zero-order chi connectivity index (χ0) is 16.2. The van der Waals surface area contributed by atoms with E-state index in [1.807, 2.05) is 42.0 Å². The first kappa shape index (κ1) is 15.5.